The van der Waals surface area contributed by atoms with Gasteiger partial charge < -0.3 is 4.57 Å². The van der Waals surface area contributed by atoms with Crippen molar-refractivity contribution in [1.29, 1.82) is 0 Å². The van der Waals surface area contributed by atoms with Gasteiger partial charge in [0.2, 0.25) is 0 Å². The van der Waals surface area contributed by atoms with Gasteiger partial charge in [0.25, 0.3) is 5.69 Å². The minimum absolute atomic E-state index is 0.00891. The molecule has 5 heteroatoms. The lowest BCUT2D eigenvalue weighted by atomic mass is 10.3. The van der Waals surface area contributed by atoms with Crippen molar-refractivity contribution >= 4 is 18.1 Å². The van der Waals surface area contributed by atoms with Gasteiger partial charge in [-0.15, -0.1) is 0 Å². The van der Waals surface area contributed by atoms with E-state index in [-0.39, 0.29) is 5.69 Å². The van der Waals surface area contributed by atoms with E-state index in [4.69, 9.17) is 0 Å². The summed E-state index contributed by atoms with van der Waals surface area (Å²) in [6.07, 6.45) is 1.09. The zero-order valence-corrected chi connectivity index (χ0v) is 9.74. The van der Waals surface area contributed by atoms with Crippen LogP contribution in [0.25, 0.3) is 0 Å². The molecule has 0 unspecified atom stereocenters. The Balaban J connectivity index is 3.21. The fraction of sp³-hybridized carbons (Fsp3) is 0.400. The summed E-state index contributed by atoms with van der Waals surface area (Å²) < 4.78 is 12.3. The van der Waals surface area contributed by atoms with Gasteiger partial charge in [0.15, 0.2) is 0 Å². The van der Waals surface area contributed by atoms with E-state index in [2.05, 4.69) is 0 Å². The summed E-state index contributed by atoms with van der Waals surface area (Å²) in [5.41, 5.74) is 0.00891. The lowest BCUT2D eigenvalue weighted by Gasteiger charge is -2.13. The molecule has 0 fully saturated rings. The van der Waals surface area contributed by atoms with Crippen molar-refractivity contribution in [1.82, 2.24) is 0 Å². The van der Waals surface area contributed by atoms with Crippen LogP contribution in [-0.2, 0) is 4.57 Å². The summed E-state index contributed by atoms with van der Waals surface area (Å²) in [6, 6.07) is 6.14. The molecule has 0 aliphatic rings. The first-order valence-corrected chi connectivity index (χ1v) is 6.94. The molecule has 0 spiro atoms. The summed E-state index contributed by atoms with van der Waals surface area (Å²) >= 11 is 0. The van der Waals surface area contributed by atoms with Crippen LogP contribution in [-0.4, -0.2) is 17.2 Å². The molecule has 0 N–H and O–H groups in total. The van der Waals surface area contributed by atoms with Gasteiger partial charge in [0.05, 0.1) is 4.92 Å². The van der Waals surface area contributed by atoms with Crippen LogP contribution in [0, 0.1) is 10.1 Å². The van der Waals surface area contributed by atoms with E-state index in [1.807, 2.05) is 13.8 Å². The first kappa shape index (κ1) is 11.9. The Hall–Kier alpha value is -1.15. The molecular formula is C10H14NO3P. The van der Waals surface area contributed by atoms with Crippen LogP contribution in [0.3, 0.4) is 0 Å². The van der Waals surface area contributed by atoms with Gasteiger partial charge in [0, 0.05) is 29.8 Å². The van der Waals surface area contributed by atoms with Gasteiger partial charge in [-0.25, -0.2) is 0 Å². The van der Waals surface area contributed by atoms with Crippen molar-refractivity contribution in [3.63, 3.8) is 0 Å². The molecule has 0 bridgehead atoms. The summed E-state index contributed by atoms with van der Waals surface area (Å²) in [4.78, 5) is 10.1. The minimum atomic E-state index is -2.40. The summed E-state index contributed by atoms with van der Waals surface area (Å²) in [5, 5.41) is 11.2. The molecular weight excluding hydrogens is 213 g/mol. The summed E-state index contributed by atoms with van der Waals surface area (Å²) in [6.45, 7) is 3.70. The molecule has 0 aliphatic heterocycles. The first-order chi connectivity index (χ1) is 7.03. The molecule has 0 amide bonds. The Kier molecular flexibility index (Phi) is 3.64. The number of hydrogen-bond donors (Lipinski definition) is 0. The molecule has 1 rings (SSSR count). The number of nitro groups is 1. The van der Waals surface area contributed by atoms with Crippen LogP contribution in [0.4, 0.5) is 5.69 Å². The second-order valence-electron chi connectivity index (χ2n) is 3.30. The third-order valence-corrected chi connectivity index (χ3v) is 5.80. The number of nitrogens with zero attached hydrogens (tertiary/aromatic N) is 1. The molecule has 0 saturated carbocycles. The van der Waals surface area contributed by atoms with Crippen LogP contribution in [0.5, 0.6) is 0 Å². The van der Waals surface area contributed by atoms with E-state index in [1.54, 1.807) is 12.1 Å². The van der Waals surface area contributed by atoms with Crippen molar-refractivity contribution in [2.24, 2.45) is 0 Å². The molecule has 0 saturated heterocycles. The zero-order chi connectivity index (χ0) is 11.5. The van der Waals surface area contributed by atoms with Gasteiger partial charge in [-0.1, -0.05) is 26.0 Å². The van der Waals surface area contributed by atoms with Crippen molar-refractivity contribution in [3.8, 4) is 0 Å². The highest BCUT2D eigenvalue weighted by Gasteiger charge is 2.21. The number of rotatable bonds is 4. The average molecular weight is 227 g/mol. The highest BCUT2D eigenvalue weighted by Crippen LogP contribution is 2.43. The normalized spacial score (nSPS) is 11.3. The van der Waals surface area contributed by atoms with E-state index in [0.717, 1.165) is 0 Å². The fourth-order valence-corrected chi connectivity index (χ4v) is 3.35. The highest BCUT2D eigenvalue weighted by atomic mass is 31.2. The highest BCUT2D eigenvalue weighted by molar-refractivity contribution is 7.71. The predicted molar refractivity (Wildman–Crippen MR) is 61.4 cm³/mol. The summed E-state index contributed by atoms with van der Waals surface area (Å²) in [7, 11) is -2.40. The molecule has 0 heterocycles. The van der Waals surface area contributed by atoms with Gasteiger partial charge in [-0.05, 0) is 0 Å². The van der Waals surface area contributed by atoms with Crippen molar-refractivity contribution in [3.05, 3.63) is 34.4 Å². The van der Waals surface area contributed by atoms with Crippen molar-refractivity contribution < 1.29 is 9.49 Å². The SMILES string of the molecule is CCP(=O)(CC)c1cccc([N+](=O)[O-])c1. The lowest BCUT2D eigenvalue weighted by molar-refractivity contribution is -0.384. The lowest BCUT2D eigenvalue weighted by Crippen LogP contribution is -2.09. The van der Waals surface area contributed by atoms with Crippen LogP contribution in [0.2, 0.25) is 0 Å². The fourth-order valence-electron chi connectivity index (χ4n) is 1.45. The topological polar surface area (TPSA) is 60.2 Å². The van der Waals surface area contributed by atoms with E-state index >= 15 is 0 Å². The largest absolute Gasteiger partial charge is 0.319 e. The number of benzene rings is 1. The van der Waals surface area contributed by atoms with Gasteiger partial charge in [-0.3, -0.25) is 10.1 Å². The van der Waals surface area contributed by atoms with Crippen LogP contribution >= 0.6 is 7.14 Å². The third-order valence-electron chi connectivity index (χ3n) is 2.53. The standard InChI is InChI=1S/C10H14NO3P/c1-3-15(14,4-2)10-7-5-6-9(8-10)11(12)13/h5-8H,3-4H2,1-2H3. The second-order valence-corrected chi connectivity index (χ2v) is 6.86. The van der Waals surface area contributed by atoms with E-state index in [1.165, 1.54) is 12.1 Å². The van der Waals surface area contributed by atoms with Crippen molar-refractivity contribution in [2.45, 2.75) is 13.8 Å². The maximum Gasteiger partial charge on any atom is 0.270 e. The van der Waals surface area contributed by atoms with Crippen LogP contribution < -0.4 is 5.30 Å². The Morgan fingerprint density at radius 1 is 1.33 bits per heavy atom. The van der Waals surface area contributed by atoms with Crippen molar-refractivity contribution in [2.75, 3.05) is 12.3 Å². The molecule has 82 valence electrons. The molecule has 15 heavy (non-hydrogen) atoms. The van der Waals surface area contributed by atoms with Gasteiger partial charge in [-0.2, -0.15) is 0 Å². The van der Waals surface area contributed by atoms with E-state index < -0.39 is 12.1 Å². The molecule has 0 aromatic heterocycles. The Labute approximate surface area is 88.8 Å². The molecule has 1 aromatic rings. The van der Waals surface area contributed by atoms with Crippen LogP contribution in [0.1, 0.15) is 13.8 Å². The monoisotopic (exact) mass is 227 g/mol. The Morgan fingerprint density at radius 2 is 1.93 bits per heavy atom. The first-order valence-electron chi connectivity index (χ1n) is 4.86. The molecule has 0 radical (unpaired) electrons. The zero-order valence-electron chi connectivity index (χ0n) is 8.84. The Bertz CT molecular complexity index is 409. The smallest absolute Gasteiger partial charge is 0.270 e. The number of non-ortho nitro benzene ring substituents is 1. The quantitative estimate of drug-likeness (QED) is 0.451. The predicted octanol–water partition coefficient (Wildman–Crippen LogP) is 2.62. The maximum atomic E-state index is 12.3. The second kappa shape index (κ2) is 4.58. The number of hydrogen-bond acceptors (Lipinski definition) is 3. The van der Waals surface area contributed by atoms with E-state index in [9.17, 15) is 14.7 Å². The van der Waals surface area contributed by atoms with Gasteiger partial charge >= 0.3 is 0 Å². The summed E-state index contributed by atoms with van der Waals surface area (Å²) in [5.74, 6) is 0. The maximum absolute atomic E-state index is 12.3. The van der Waals surface area contributed by atoms with E-state index in [0.29, 0.717) is 17.6 Å². The number of nitro benzene ring substituents is 1. The molecule has 0 atom stereocenters. The molecule has 4 nitrogen and oxygen atoms in total. The average Bonchev–Trinajstić information content (AvgIpc) is 2.28. The molecule has 1 aromatic carbocycles. The van der Waals surface area contributed by atoms with Crippen LogP contribution in [0.15, 0.2) is 24.3 Å². The Morgan fingerprint density at radius 3 is 2.40 bits per heavy atom. The van der Waals surface area contributed by atoms with Gasteiger partial charge in [0.1, 0.15) is 7.14 Å². The minimum Gasteiger partial charge on any atom is -0.319 e. The molecule has 0 aliphatic carbocycles. The third kappa shape index (κ3) is 2.45.